The van der Waals surface area contributed by atoms with E-state index in [-0.39, 0.29) is 28.3 Å². The highest BCUT2D eigenvalue weighted by Crippen LogP contribution is 2.43. The lowest BCUT2D eigenvalue weighted by atomic mass is 10.0. The van der Waals surface area contributed by atoms with Crippen LogP contribution < -0.4 is 0 Å². The van der Waals surface area contributed by atoms with Crippen molar-refractivity contribution in [2.45, 2.75) is 17.6 Å². The molecule has 3 atom stereocenters. The number of hydrogen-bond donors (Lipinski definition) is 2. The number of hydrogen-bond acceptors (Lipinski definition) is 5. The molecule has 1 saturated heterocycles. The minimum atomic E-state index is -1.11. The van der Waals surface area contributed by atoms with Crippen LogP contribution in [-0.4, -0.2) is 55.5 Å². The number of carboxylic acids is 1. The van der Waals surface area contributed by atoms with E-state index in [1.165, 1.54) is 0 Å². The first-order valence-electron chi connectivity index (χ1n) is 6.97. The Kier molecular flexibility index (Phi) is 5.15. The van der Waals surface area contributed by atoms with Crippen molar-refractivity contribution in [3.05, 3.63) is 47.3 Å². The van der Waals surface area contributed by atoms with Gasteiger partial charge in [-0.15, -0.1) is 0 Å². The molecule has 3 unspecified atom stereocenters. The van der Waals surface area contributed by atoms with Crippen LogP contribution in [0.4, 0.5) is 0 Å². The van der Waals surface area contributed by atoms with Crippen LogP contribution in [0.25, 0.3) is 0 Å². The van der Waals surface area contributed by atoms with E-state index < -0.39 is 11.7 Å². The van der Waals surface area contributed by atoms with Crippen LogP contribution in [0, 0.1) is 0 Å². The molecular formula is C15H19ClN2O4S. The van der Waals surface area contributed by atoms with Gasteiger partial charge in [0.15, 0.2) is 5.75 Å². The highest BCUT2D eigenvalue weighted by molar-refractivity contribution is 7.97. The second-order valence-electron chi connectivity index (χ2n) is 5.55. The van der Waals surface area contributed by atoms with E-state index in [4.69, 9.17) is 16.7 Å². The summed E-state index contributed by atoms with van der Waals surface area (Å²) < 4.78 is 0. The zero-order chi connectivity index (χ0) is 15.9. The van der Waals surface area contributed by atoms with Crippen molar-refractivity contribution in [1.29, 1.82) is 0 Å². The van der Waals surface area contributed by atoms with Crippen LogP contribution in [0.15, 0.2) is 36.7 Å². The summed E-state index contributed by atoms with van der Waals surface area (Å²) in [6.45, 7) is 0. The molecule has 0 aliphatic carbocycles. The molecule has 2 aliphatic heterocycles. The number of benzene rings is 1. The third-order valence-electron chi connectivity index (χ3n) is 4.05. The molecule has 0 spiro atoms. The fraction of sp³-hybridized carbons (Fsp3) is 0.400. The van der Waals surface area contributed by atoms with Crippen molar-refractivity contribution < 1.29 is 20.5 Å². The van der Waals surface area contributed by atoms with Gasteiger partial charge in [0.05, 0.1) is 6.42 Å². The van der Waals surface area contributed by atoms with Crippen molar-refractivity contribution >= 4 is 28.5 Å². The SMILES string of the molecule is CN1C=CN2C1[S+](CCC(=O)O)CC2(O)c1ccc(Cl)cc1.[OH-]. The number of aliphatic hydroxyl groups is 1. The Morgan fingerprint density at radius 2 is 2.04 bits per heavy atom. The summed E-state index contributed by atoms with van der Waals surface area (Å²) in [6.07, 6.45) is 3.93. The van der Waals surface area contributed by atoms with E-state index in [1.54, 1.807) is 12.1 Å². The first kappa shape index (κ1) is 17.9. The first-order valence-corrected chi connectivity index (χ1v) is 8.97. The molecule has 0 saturated carbocycles. The summed E-state index contributed by atoms with van der Waals surface area (Å²) in [5.74, 6) is 0.300. The largest absolute Gasteiger partial charge is 0.870 e. The normalized spacial score (nSPS) is 28.7. The van der Waals surface area contributed by atoms with Crippen LogP contribution in [-0.2, 0) is 21.4 Å². The van der Waals surface area contributed by atoms with Gasteiger partial charge in [0.1, 0.15) is 5.75 Å². The maximum absolute atomic E-state index is 11.2. The Morgan fingerprint density at radius 3 is 2.65 bits per heavy atom. The molecular weight excluding hydrogens is 340 g/mol. The molecule has 0 bridgehead atoms. The highest BCUT2D eigenvalue weighted by atomic mass is 35.5. The van der Waals surface area contributed by atoms with Crippen molar-refractivity contribution in [1.82, 2.24) is 9.80 Å². The smallest absolute Gasteiger partial charge is 0.308 e. The Bertz CT molecular complexity index is 612. The molecule has 1 aromatic rings. The molecule has 0 aromatic heterocycles. The van der Waals surface area contributed by atoms with Crippen molar-refractivity contribution in [2.75, 3.05) is 18.6 Å². The summed E-state index contributed by atoms with van der Waals surface area (Å²) in [4.78, 5) is 14.9. The Hall–Kier alpha value is -1.41. The van der Waals surface area contributed by atoms with Gasteiger partial charge in [-0.25, -0.2) is 0 Å². The third kappa shape index (κ3) is 3.14. The fourth-order valence-electron chi connectivity index (χ4n) is 2.97. The fourth-order valence-corrected chi connectivity index (χ4v) is 5.98. The quantitative estimate of drug-likeness (QED) is 0.790. The number of aliphatic carboxylic acids is 1. The molecule has 3 N–H and O–H groups in total. The van der Waals surface area contributed by atoms with Gasteiger partial charge < -0.3 is 20.6 Å². The van der Waals surface area contributed by atoms with Gasteiger partial charge in [0.25, 0.3) is 5.50 Å². The lowest BCUT2D eigenvalue weighted by Gasteiger charge is -2.30. The predicted octanol–water partition coefficient (Wildman–Crippen LogP) is 1.42. The Balaban J connectivity index is 0.00000192. The number of fused-ring (bicyclic) bond motifs is 1. The summed E-state index contributed by atoms with van der Waals surface area (Å²) in [6, 6.07) is 7.19. The van der Waals surface area contributed by atoms with Gasteiger partial charge in [0.2, 0.25) is 5.72 Å². The number of rotatable bonds is 4. The zero-order valence-corrected chi connectivity index (χ0v) is 14.2. The van der Waals surface area contributed by atoms with Crippen LogP contribution in [0.2, 0.25) is 5.02 Å². The van der Waals surface area contributed by atoms with E-state index in [0.717, 1.165) is 5.56 Å². The molecule has 2 aliphatic rings. The number of carboxylic acid groups (broad SMARTS) is 1. The minimum Gasteiger partial charge on any atom is -0.870 e. The molecule has 1 aromatic carbocycles. The first-order chi connectivity index (χ1) is 10.4. The van der Waals surface area contributed by atoms with E-state index in [9.17, 15) is 9.90 Å². The average Bonchev–Trinajstić information content (AvgIpc) is 2.98. The van der Waals surface area contributed by atoms with Crippen molar-refractivity contribution in [3.63, 3.8) is 0 Å². The van der Waals surface area contributed by atoms with Crippen LogP contribution in [0.1, 0.15) is 12.0 Å². The van der Waals surface area contributed by atoms with Crippen LogP contribution in [0.3, 0.4) is 0 Å². The lowest BCUT2D eigenvalue weighted by molar-refractivity contribution is -0.136. The molecule has 126 valence electrons. The topological polar surface area (TPSA) is 94.0 Å². The summed E-state index contributed by atoms with van der Waals surface area (Å²) in [7, 11) is 1.72. The van der Waals surface area contributed by atoms with Crippen molar-refractivity contribution in [3.8, 4) is 0 Å². The molecule has 0 radical (unpaired) electrons. The van der Waals surface area contributed by atoms with E-state index in [2.05, 4.69) is 0 Å². The zero-order valence-electron chi connectivity index (χ0n) is 12.6. The van der Waals surface area contributed by atoms with Gasteiger partial charge in [-0.2, -0.15) is 0 Å². The summed E-state index contributed by atoms with van der Waals surface area (Å²) >= 11 is 5.93. The van der Waals surface area contributed by atoms with Gasteiger partial charge in [-0.3, -0.25) is 9.69 Å². The maximum Gasteiger partial charge on any atom is 0.308 e. The maximum atomic E-state index is 11.2. The monoisotopic (exact) mass is 358 g/mol. The van der Waals surface area contributed by atoms with Gasteiger partial charge in [-0.1, -0.05) is 23.7 Å². The molecule has 0 amide bonds. The minimum absolute atomic E-state index is 0. The molecule has 6 nitrogen and oxygen atoms in total. The molecule has 8 heteroatoms. The summed E-state index contributed by atoms with van der Waals surface area (Å²) in [5.41, 5.74) is -0.315. The second kappa shape index (κ2) is 6.60. The van der Waals surface area contributed by atoms with Crippen LogP contribution >= 0.6 is 11.6 Å². The molecule has 23 heavy (non-hydrogen) atoms. The lowest BCUT2D eigenvalue weighted by Crippen LogP contribution is -2.44. The average molecular weight is 359 g/mol. The second-order valence-corrected chi connectivity index (χ2v) is 8.18. The number of carbonyl (C=O) groups is 1. The number of nitrogens with zero attached hydrogens (tertiary/aromatic N) is 2. The van der Waals surface area contributed by atoms with Gasteiger partial charge >= 0.3 is 5.97 Å². The van der Waals surface area contributed by atoms with Gasteiger partial charge in [0, 0.05) is 40.9 Å². The Labute approximate surface area is 142 Å². The number of halogens is 1. The summed E-state index contributed by atoms with van der Waals surface area (Å²) in [5, 5.41) is 20.8. The van der Waals surface area contributed by atoms with Gasteiger partial charge in [-0.05, 0) is 12.1 Å². The van der Waals surface area contributed by atoms with E-state index >= 15 is 0 Å². The van der Waals surface area contributed by atoms with E-state index in [0.29, 0.717) is 16.5 Å². The third-order valence-corrected chi connectivity index (χ3v) is 6.96. The molecule has 3 rings (SSSR count). The van der Waals surface area contributed by atoms with Crippen molar-refractivity contribution in [2.24, 2.45) is 0 Å². The molecule has 1 fully saturated rings. The van der Waals surface area contributed by atoms with Crippen LogP contribution in [0.5, 0.6) is 0 Å². The predicted molar refractivity (Wildman–Crippen MR) is 89.2 cm³/mol. The van der Waals surface area contributed by atoms with E-state index in [1.807, 2.05) is 41.4 Å². The Morgan fingerprint density at radius 1 is 1.39 bits per heavy atom. The highest BCUT2D eigenvalue weighted by Gasteiger charge is 2.60. The molecule has 2 heterocycles. The standard InChI is InChI=1S/C15H17ClN2O3S.H2O/c1-17-7-8-18-14(17)22(9-6-13(19)20)10-15(18,21)11-2-4-12(16)5-3-11;/h2-5,7-8,14,21H,6,9-10H2,1H3;1H2.